The van der Waals surface area contributed by atoms with Crippen molar-refractivity contribution in [3.8, 4) is 0 Å². The van der Waals surface area contributed by atoms with Crippen LogP contribution in [0.3, 0.4) is 0 Å². The zero-order valence-electron chi connectivity index (χ0n) is 11.6. The fourth-order valence-electron chi connectivity index (χ4n) is 2.47. The molecule has 0 aliphatic heterocycles. The molecule has 118 valence electrons. The van der Waals surface area contributed by atoms with E-state index in [1.807, 2.05) is 0 Å². The van der Waals surface area contributed by atoms with Crippen molar-refractivity contribution < 1.29 is 18.3 Å². The average Bonchev–Trinajstić information content (AvgIpc) is 3.06. The van der Waals surface area contributed by atoms with Crippen molar-refractivity contribution in [3.05, 3.63) is 22.6 Å². The molecule has 0 bridgehead atoms. The highest BCUT2D eigenvalue weighted by Gasteiger charge is 2.31. The van der Waals surface area contributed by atoms with E-state index in [1.54, 1.807) is 11.7 Å². The Morgan fingerprint density at radius 2 is 2.32 bits per heavy atom. The average molecular weight is 343 g/mol. The number of nitrogens with one attached hydrogen (secondary N) is 1. The van der Waals surface area contributed by atoms with E-state index in [4.69, 9.17) is 5.11 Å². The quantitative estimate of drug-likeness (QED) is 0.787. The number of carboxylic acid groups (broad SMARTS) is 1. The van der Waals surface area contributed by atoms with Gasteiger partial charge in [-0.1, -0.05) is 5.21 Å². The molecule has 0 aromatic carbocycles. The monoisotopic (exact) mass is 343 g/mol. The highest BCUT2D eigenvalue weighted by atomic mass is 32.2. The lowest BCUT2D eigenvalue weighted by Gasteiger charge is -2.22. The van der Waals surface area contributed by atoms with E-state index in [0.717, 1.165) is 22.7 Å². The molecule has 11 heteroatoms. The Balaban J connectivity index is 1.81. The van der Waals surface area contributed by atoms with Gasteiger partial charge >= 0.3 is 5.97 Å². The lowest BCUT2D eigenvalue weighted by atomic mass is 9.97. The van der Waals surface area contributed by atoms with Crippen molar-refractivity contribution in [2.45, 2.75) is 29.5 Å². The first-order chi connectivity index (χ1) is 10.4. The topological polar surface area (TPSA) is 127 Å². The summed E-state index contributed by atoms with van der Waals surface area (Å²) in [6.45, 7) is 0. The summed E-state index contributed by atoms with van der Waals surface area (Å²) in [5.41, 5.74) is 2.52. The minimum absolute atomic E-state index is 0.273. The van der Waals surface area contributed by atoms with Crippen LogP contribution in [0.1, 0.15) is 28.3 Å². The normalized spacial score (nSPS) is 18.1. The van der Waals surface area contributed by atoms with Gasteiger partial charge in [-0.15, -0.1) is 16.4 Å². The maximum atomic E-state index is 12.4. The van der Waals surface area contributed by atoms with Gasteiger partial charge in [-0.05, 0) is 12.8 Å². The Hall–Kier alpha value is -1.85. The molecule has 2 heterocycles. The summed E-state index contributed by atoms with van der Waals surface area (Å²) in [6, 6.07) is -0.335. The Morgan fingerprint density at radius 3 is 3.05 bits per heavy atom. The number of sulfonamides is 1. The Labute approximate surface area is 130 Å². The number of aromatic nitrogens is 4. The van der Waals surface area contributed by atoms with Crippen LogP contribution in [-0.4, -0.2) is 45.5 Å². The lowest BCUT2D eigenvalue weighted by Crippen LogP contribution is -2.39. The van der Waals surface area contributed by atoms with Crippen molar-refractivity contribution >= 4 is 27.3 Å². The zero-order valence-corrected chi connectivity index (χ0v) is 13.2. The van der Waals surface area contributed by atoms with Gasteiger partial charge in [0.2, 0.25) is 0 Å². The third kappa shape index (κ3) is 2.62. The van der Waals surface area contributed by atoms with Crippen LogP contribution in [0, 0.1) is 0 Å². The summed E-state index contributed by atoms with van der Waals surface area (Å²) >= 11 is 0.789. The molecule has 0 saturated carbocycles. The second-order valence-electron chi connectivity index (χ2n) is 4.96. The number of hydrogen-bond acceptors (Lipinski definition) is 7. The van der Waals surface area contributed by atoms with Crippen molar-refractivity contribution in [1.82, 2.24) is 24.7 Å². The van der Waals surface area contributed by atoms with Gasteiger partial charge in [0.05, 0.1) is 16.9 Å². The number of aromatic carboxylic acids is 1. The maximum Gasteiger partial charge on any atom is 0.356 e. The van der Waals surface area contributed by atoms with Gasteiger partial charge < -0.3 is 5.11 Å². The number of thiazole rings is 1. The van der Waals surface area contributed by atoms with Crippen LogP contribution < -0.4 is 4.72 Å². The molecule has 1 atom stereocenters. The van der Waals surface area contributed by atoms with Gasteiger partial charge in [0, 0.05) is 19.5 Å². The predicted molar refractivity (Wildman–Crippen MR) is 76.2 cm³/mol. The van der Waals surface area contributed by atoms with Gasteiger partial charge in [-0.25, -0.2) is 22.9 Å². The molecule has 0 saturated heterocycles. The van der Waals surface area contributed by atoms with Crippen LogP contribution in [-0.2, 0) is 29.9 Å². The van der Waals surface area contributed by atoms with Crippen LogP contribution in [0.4, 0.5) is 0 Å². The number of carbonyl (C=O) groups is 1. The van der Waals surface area contributed by atoms with Crippen molar-refractivity contribution in [1.29, 1.82) is 0 Å². The van der Waals surface area contributed by atoms with E-state index in [2.05, 4.69) is 20.0 Å². The molecule has 3 rings (SSSR count). The number of carboxylic acids is 1. The number of hydrogen-bond donors (Lipinski definition) is 2. The van der Waals surface area contributed by atoms with E-state index in [-0.39, 0.29) is 10.3 Å². The Morgan fingerprint density at radius 1 is 1.55 bits per heavy atom. The molecule has 0 spiro atoms. The lowest BCUT2D eigenvalue weighted by molar-refractivity contribution is 0.0687. The fourth-order valence-corrected chi connectivity index (χ4v) is 4.90. The molecular formula is C11H13N5O4S2. The molecular weight excluding hydrogens is 330 g/mol. The molecule has 2 aromatic rings. The van der Waals surface area contributed by atoms with Crippen molar-refractivity contribution in [2.24, 2.45) is 7.05 Å². The number of rotatable bonds is 4. The molecule has 0 radical (unpaired) electrons. The second kappa shape index (κ2) is 5.41. The van der Waals surface area contributed by atoms with Gasteiger partial charge in [0.25, 0.3) is 10.0 Å². The molecule has 2 N–H and O–H groups in total. The summed E-state index contributed by atoms with van der Waals surface area (Å²) in [5, 5.41) is 16.9. The highest BCUT2D eigenvalue weighted by molar-refractivity contribution is 7.91. The largest absolute Gasteiger partial charge is 0.476 e. The van der Waals surface area contributed by atoms with Crippen molar-refractivity contribution in [3.63, 3.8) is 0 Å². The third-order valence-corrected chi connectivity index (χ3v) is 6.39. The smallest absolute Gasteiger partial charge is 0.356 e. The Kier molecular flexibility index (Phi) is 3.70. The van der Waals surface area contributed by atoms with Crippen LogP contribution in [0.25, 0.3) is 0 Å². The number of aryl methyl sites for hydroxylation is 1. The SMILES string of the molecule is Cn1nnc2c1CCC(NS(=O)(=O)c1scnc1C(=O)O)C2. The van der Waals surface area contributed by atoms with Gasteiger partial charge in [0.1, 0.15) is 0 Å². The van der Waals surface area contributed by atoms with E-state index in [1.165, 1.54) is 5.51 Å². The molecule has 1 aliphatic carbocycles. The first-order valence-electron chi connectivity index (χ1n) is 6.45. The minimum Gasteiger partial charge on any atom is -0.476 e. The van der Waals surface area contributed by atoms with Gasteiger partial charge in [-0.2, -0.15) is 0 Å². The van der Waals surface area contributed by atoms with Crippen molar-refractivity contribution in [2.75, 3.05) is 0 Å². The van der Waals surface area contributed by atoms with E-state index in [9.17, 15) is 13.2 Å². The molecule has 0 amide bonds. The first kappa shape index (κ1) is 15.1. The molecule has 0 fully saturated rings. The summed E-state index contributed by atoms with van der Waals surface area (Å²) in [6.07, 6.45) is 1.71. The minimum atomic E-state index is -3.92. The predicted octanol–water partition coefficient (Wildman–Crippen LogP) is -0.194. The maximum absolute atomic E-state index is 12.4. The van der Waals surface area contributed by atoms with Crippen LogP contribution in [0.2, 0.25) is 0 Å². The third-order valence-electron chi connectivity index (χ3n) is 3.50. The van der Waals surface area contributed by atoms with E-state index < -0.39 is 21.7 Å². The summed E-state index contributed by atoms with van der Waals surface area (Å²) in [7, 11) is -2.12. The summed E-state index contributed by atoms with van der Waals surface area (Å²) in [5.74, 6) is -1.36. The second-order valence-corrected chi connectivity index (χ2v) is 7.73. The molecule has 1 unspecified atom stereocenters. The van der Waals surface area contributed by atoms with Crippen LogP contribution >= 0.6 is 11.3 Å². The Bertz CT molecular complexity index is 825. The van der Waals surface area contributed by atoms with Crippen LogP contribution in [0.5, 0.6) is 0 Å². The molecule has 2 aromatic heterocycles. The van der Waals surface area contributed by atoms with Gasteiger partial charge in [0.15, 0.2) is 9.90 Å². The standard InChI is InChI=1S/C11H13N5O4S2/c1-16-8-3-2-6(4-7(8)13-15-16)14-22(19,20)11-9(10(17)18)12-5-21-11/h5-6,14H,2-4H2,1H3,(H,17,18). The summed E-state index contributed by atoms with van der Waals surface area (Å²) < 4.78 is 28.7. The fraction of sp³-hybridized carbons (Fsp3) is 0.455. The zero-order chi connectivity index (χ0) is 15.9. The highest BCUT2D eigenvalue weighted by Crippen LogP contribution is 2.23. The first-order valence-corrected chi connectivity index (χ1v) is 8.81. The van der Waals surface area contributed by atoms with Gasteiger partial charge in [-0.3, -0.25) is 4.68 Å². The molecule has 9 nitrogen and oxygen atoms in total. The van der Waals surface area contributed by atoms with E-state index >= 15 is 0 Å². The van der Waals surface area contributed by atoms with Crippen LogP contribution in [0.15, 0.2) is 9.72 Å². The number of nitrogens with zero attached hydrogens (tertiary/aromatic N) is 4. The molecule has 22 heavy (non-hydrogen) atoms. The van der Waals surface area contributed by atoms with E-state index in [0.29, 0.717) is 19.3 Å². The number of fused-ring (bicyclic) bond motifs is 1. The molecule has 1 aliphatic rings. The summed E-state index contributed by atoms with van der Waals surface area (Å²) in [4.78, 5) is 14.6.